The molecule has 0 aromatic heterocycles. The normalized spacial score (nSPS) is 18.9. The van der Waals surface area contributed by atoms with Gasteiger partial charge in [-0.3, -0.25) is 4.79 Å². The number of phenols is 1. The summed E-state index contributed by atoms with van der Waals surface area (Å²) in [6.45, 7) is 3.20. The quantitative estimate of drug-likeness (QED) is 0.758. The van der Waals surface area contributed by atoms with Gasteiger partial charge in [0.15, 0.2) is 0 Å². The van der Waals surface area contributed by atoms with E-state index in [9.17, 15) is 14.7 Å². The van der Waals surface area contributed by atoms with E-state index in [1.165, 1.54) is 19.3 Å². The lowest BCUT2D eigenvalue weighted by molar-refractivity contribution is 0.0705. The monoisotopic (exact) mass is 373 g/mol. The number of piperidine rings is 1. The number of nitrogens with one attached hydrogen (secondary N) is 2. The van der Waals surface area contributed by atoms with Gasteiger partial charge in [0, 0.05) is 25.2 Å². The van der Waals surface area contributed by atoms with Crippen molar-refractivity contribution in [3.8, 4) is 5.75 Å². The van der Waals surface area contributed by atoms with Gasteiger partial charge in [-0.05, 0) is 49.8 Å². The zero-order valence-corrected chi connectivity index (χ0v) is 16.2. The Morgan fingerprint density at radius 1 is 1.04 bits per heavy atom. The van der Waals surface area contributed by atoms with Crippen LogP contribution in [0.4, 0.5) is 4.79 Å². The van der Waals surface area contributed by atoms with Crippen LogP contribution in [0.25, 0.3) is 0 Å². The van der Waals surface area contributed by atoms with E-state index in [2.05, 4.69) is 10.6 Å². The third-order valence-corrected chi connectivity index (χ3v) is 5.76. The van der Waals surface area contributed by atoms with Gasteiger partial charge >= 0.3 is 6.03 Å². The number of rotatable bonds is 4. The smallest absolute Gasteiger partial charge is 0.315 e. The van der Waals surface area contributed by atoms with Crippen LogP contribution in [0.5, 0.6) is 5.75 Å². The zero-order chi connectivity index (χ0) is 19.2. The predicted molar refractivity (Wildman–Crippen MR) is 105 cm³/mol. The van der Waals surface area contributed by atoms with Gasteiger partial charge in [0.1, 0.15) is 5.75 Å². The van der Waals surface area contributed by atoms with E-state index in [0.29, 0.717) is 24.7 Å². The average molecular weight is 373 g/mol. The van der Waals surface area contributed by atoms with Crippen LogP contribution in [-0.4, -0.2) is 47.1 Å². The molecule has 0 atom stereocenters. The SMILES string of the molecule is CCc1ccc(O)c(C(=O)N2CCC(NC(=O)NC3CCCCC3)CC2)c1. The second kappa shape index (κ2) is 9.11. The highest BCUT2D eigenvalue weighted by Crippen LogP contribution is 2.23. The lowest BCUT2D eigenvalue weighted by atomic mass is 9.96. The number of likely N-dealkylation sites (tertiary alicyclic amines) is 1. The molecular weight excluding hydrogens is 342 g/mol. The standard InChI is InChI=1S/C21H31N3O3/c1-2-15-8-9-19(25)18(14-15)20(26)24-12-10-17(11-13-24)23-21(27)22-16-6-4-3-5-7-16/h8-9,14,16-17,25H,2-7,10-13H2,1H3,(H2,22,23,27). The number of carbonyl (C=O) groups excluding carboxylic acids is 2. The maximum atomic E-state index is 12.7. The number of benzene rings is 1. The zero-order valence-electron chi connectivity index (χ0n) is 16.2. The van der Waals surface area contributed by atoms with Crippen molar-refractivity contribution in [2.45, 2.75) is 70.4 Å². The molecule has 1 aliphatic heterocycles. The molecule has 3 rings (SSSR count). The summed E-state index contributed by atoms with van der Waals surface area (Å²) in [6, 6.07) is 5.52. The number of hydrogen-bond donors (Lipinski definition) is 3. The second-order valence-corrected chi connectivity index (χ2v) is 7.72. The fraction of sp³-hybridized carbons (Fsp3) is 0.619. The molecule has 1 saturated heterocycles. The molecule has 148 valence electrons. The molecule has 27 heavy (non-hydrogen) atoms. The molecule has 6 nitrogen and oxygen atoms in total. The maximum Gasteiger partial charge on any atom is 0.315 e. The summed E-state index contributed by atoms with van der Waals surface area (Å²) in [5.74, 6) is -0.0998. The number of hydrogen-bond acceptors (Lipinski definition) is 3. The summed E-state index contributed by atoms with van der Waals surface area (Å²) in [6.07, 6.45) is 8.08. The van der Waals surface area contributed by atoms with E-state index in [1.807, 2.05) is 13.0 Å². The molecule has 1 aromatic rings. The minimum absolute atomic E-state index is 0.0318. The molecule has 0 bridgehead atoms. The Hall–Kier alpha value is -2.24. The van der Waals surface area contributed by atoms with Crippen molar-refractivity contribution in [2.24, 2.45) is 0 Å². The Bertz CT molecular complexity index is 663. The molecule has 6 heteroatoms. The highest BCUT2D eigenvalue weighted by Gasteiger charge is 2.26. The second-order valence-electron chi connectivity index (χ2n) is 7.72. The van der Waals surface area contributed by atoms with Gasteiger partial charge < -0.3 is 20.6 Å². The lowest BCUT2D eigenvalue weighted by Crippen LogP contribution is -2.51. The van der Waals surface area contributed by atoms with Crippen LogP contribution >= 0.6 is 0 Å². The highest BCUT2D eigenvalue weighted by molar-refractivity contribution is 5.97. The third kappa shape index (κ3) is 5.15. The van der Waals surface area contributed by atoms with Crippen molar-refractivity contribution < 1.29 is 14.7 Å². The van der Waals surface area contributed by atoms with Gasteiger partial charge in [-0.25, -0.2) is 4.79 Å². The van der Waals surface area contributed by atoms with Crippen LogP contribution in [0, 0.1) is 0 Å². The molecule has 0 spiro atoms. The number of carbonyl (C=O) groups is 2. The number of aryl methyl sites for hydroxylation is 1. The van der Waals surface area contributed by atoms with Crippen LogP contribution in [0.15, 0.2) is 18.2 Å². The summed E-state index contributed by atoms with van der Waals surface area (Å²) in [5.41, 5.74) is 1.41. The molecule has 1 saturated carbocycles. The van der Waals surface area contributed by atoms with E-state index < -0.39 is 0 Å². The van der Waals surface area contributed by atoms with Crippen LogP contribution in [0.2, 0.25) is 0 Å². The fourth-order valence-corrected chi connectivity index (χ4v) is 4.03. The van der Waals surface area contributed by atoms with Crippen molar-refractivity contribution >= 4 is 11.9 Å². The van der Waals surface area contributed by atoms with Gasteiger partial charge in [-0.15, -0.1) is 0 Å². The number of aromatic hydroxyl groups is 1. The molecule has 3 amide bonds. The molecule has 3 N–H and O–H groups in total. The first-order valence-corrected chi connectivity index (χ1v) is 10.2. The molecule has 1 aromatic carbocycles. The summed E-state index contributed by atoms with van der Waals surface area (Å²) in [7, 11) is 0. The first kappa shape index (κ1) is 19.5. The Morgan fingerprint density at radius 3 is 2.30 bits per heavy atom. The van der Waals surface area contributed by atoms with Gasteiger partial charge in [-0.2, -0.15) is 0 Å². The summed E-state index contributed by atoms with van der Waals surface area (Å²) in [4.78, 5) is 26.7. The predicted octanol–water partition coefficient (Wildman–Crippen LogP) is 3.19. The van der Waals surface area contributed by atoms with E-state index in [-0.39, 0.29) is 23.7 Å². The fourth-order valence-electron chi connectivity index (χ4n) is 4.03. The molecule has 1 heterocycles. The van der Waals surface area contributed by atoms with E-state index >= 15 is 0 Å². The van der Waals surface area contributed by atoms with Crippen LogP contribution in [0.3, 0.4) is 0 Å². The van der Waals surface area contributed by atoms with E-state index in [0.717, 1.165) is 37.7 Å². The van der Waals surface area contributed by atoms with Gasteiger partial charge in [0.05, 0.1) is 5.56 Å². The van der Waals surface area contributed by atoms with Crippen molar-refractivity contribution in [3.05, 3.63) is 29.3 Å². The maximum absolute atomic E-state index is 12.7. The first-order valence-electron chi connectivity index (χ1n) is 10.2. The highest BCUT2D eigenvalue weighted by atomic mass is 16.3. The first-order chi connectivity index (χ1) is 13.1. The van der Waals surface area contributed by atoms with Gasteiger partial charge in [0.2, 0.25) is 0 Å². The average Bonchev–Trinajstić information content (AvgIpc) is 2.69. The Labute approximate surface area is 161 Å². The molecule has 2 fully saturated rings. The Balaban J connectivity index is 1.48. The molecule has 1 aliphatic carbocycles. The largest absolute Gasteiger partial charge is 0.507 e. The number of amides is 3. The van der Waals surface area contributed by atoms with Crippen LogP contribution < -0.4 is 10.6 Å². The van der Waals surface area contributed by atoms with Crippen LogP contribution in [0.1, 0.15) is 67.8 Å². The summed E-state index contributed by atoms with van der Waals surface area (Å²) >= 11 is 0. The van der Waals surface area contributed by atoms with Crippen molar-refractivity contribution in [1.82, 2.24) is 15.5 Å². The van der Waals surface area contributed by atoms with Crippen LogP contribution in [-0.2, 0) is 6.42 Å². The number of nitrogens with zero attached hydrogens (tertiary/aromatic N) is 1. The third-order valence-electron chi connectivity index (χ3n) is 5.76. The lowest BCUT2D eigenvalue weighted by Gasteiger charge is -2.33. The summed E-state index contributed by atoms with van der Waals surface area (Å²) in [5, 5.41) is 16.2. The Kier molecular flexibility index (Phi) is 6.58. The topological polar surface area (TPSA) is 81.7 Å². The van der Waals surface area contributed by atoms with E-state index in [1.54, 1.807) is 17.0 Å². The molecule has 0 unspecified atom stereocenters. The van der Waals surface area contributed by atoms with Crippen molar-refractivity contribution in [1.29, 1.82) is 0 Å². The number of phenolic OH excluding ortho intramolecular Hbond substituents is 1. The summed E-state index contributed by atoms with van der Waals surface area (Å²) < 4.78 is 0. The molecule has 0 radical (unpaired) electrons. The minimum atomic E-state index is -0.132. The minimum Gasteiger partial charge on any atom is -0.507 e. The molecular formula is C21H31N3O3. The van der Waals surface area contributed by atoms with Gasteiger partial charge in [-0.1, -0.05) is 32.3 Å². The number of urea groups is 1. The van der Waals surface area contributed by atoms with E-state index in [4.69, 9.17) is 0 Å². The molecule has 2 aliphatic rings. The van der Waals surface area contributed by atoms with Crippen molar-refractivity contribution in [2.75, 3.05) is 13.1 Å². The van der Waals surface area contributed by atoms with Gasteiger partial charge in [0.25, 0.3) is 5.91 Å². The van der Waals surface area contributed by atoms with Crippen molar-refractivity contribution in [3.63, 3.8) is 0 Å². The Morgan fingerprint density at radius 2 is 1.67 bits per heavy atom.